The van der Waals surface area contributed by atoms with Crippen molar-refractivity contribution in [1.29, 1.82) is 0 Å². The van der Waals surface area contributed by atoms with Gasteiger partial charge in [0.2, 0.25) is 0 Å². The number of phenols is 1. The van der Waals surface area contributed by atoms with Crippen LogP contribution in [0.4, 0.5) is 0 Å². The lowest BCUT2D eigenvalue weighted by Crippen LogP contribution is -2.26. The summed E-state index contributed by atoms with van der Waals surface area (Å²) in [5.41, 5.74) is 6.28. The zero-order valence-electron chi connectivity index (χ0n) is 22.0. The minimum Gasteiger partial charge on any atom is -0.507 e. The Hall–Kier alpha value is -1.37. The molecule has 0 radical (unpaired) electrons. The third-order valence-electron chi connectivity index (χ3n) is 6.61. The maximum atomic E-state index is 11.3. The number of benzene rings is 2. The Bertz CT molecular complexity index is 897. The molecule has 0 amide bonds. The van der Waals surface area contributed by atoms with Gasteiger partial charge in [-0.15, -0.1) is 0 Å². The number of aromatic hydroxyl groups is 1. The van der Waals surface area contributed by atoms with Crippen molar-refractivity contribution in [1.82, 2.24) is 4.90 Å². The second-order valence-corrected chi connectivity index (χ2v) is 12.6. The van der Waals surface area contributed by atoms with Gasteiger partial charge in [0.05, 0.1) is 0 Å². The van der Waals surface area contributed by atoms with Crippen LogP contribution in [0.2, 0.25) is 0 Å². The van der Waals surface area contributed by atoms with Gasteiger partial charge in [-0.25, -0.2) is 0 Å². The molecule has 2 unspecified atom stereocenters. The second-order valence-electron chi connectivity index (χ2n) is 10.9. The molecule has 2 rings (SSSR count). The van der Waals surface area contributed by atoms with Crippen LogP contribution < -0.4 is 5.30 Å². The molecule has 2 aromatic carbocycles. The molecule has 3 heteroatoms. The molecule has 178 valence electrons. The Balaban J connectivity index is 2.68. The summed E-state index contributed by atoms with van der Waals surface area (Å²) in [6.07, 6.45) is 5.80. The van der Waals surface area contributed by atoms with E-state index in [4.69, 9.17) is 0 Å². The van der Waals surface area contributed by atoms with Gasteiger partial charge in [0.1, 0.15) is 5.75 Å². The van der Waals surface area contributed by atoms with E-state index in [0.29, 0.717) is 14.3 Å². The fourth-order valence-corrected chi connectivity index (χ4v) is 6.35. The predicted molar refractivity (Wildman–Crippen MR) is 144 cm³/mol. The topological polar surface area (TPSA) is 23.5 Å². The average molecular weight is 456 g/mol. The molecule has 0 bridgehead atoms. The Morgan fingerprint density at radius 3 is 2.22 bits per heavy atom. The number of unbranched alkanes of at least 4 members (excludes halogenated alkanes) is 2. The van der Waals surface area contributed by atoms with E-state index in [-0.39, 0.29) is 10.6 Å². The van der Waals surface area contributed by atoms with Crippen LogP contribution in [0.15, 0.2) is 30.3 Å². The molecule has 0 spiro atoms. The highest BCUT2D eigenvalue weighted by Crippen LogP contribution is 2.52. The van der Waals surface area contributed by atoms with Gasteiger partial charge in [-0.2, -0.15) is 0 Å². The Labute approximate surface area is 199 Å². The first-order valence-electron chi connectivity index (χ1n) is 12.3. The van der Waals surface area contributed by atoms with E-state index < -0.39 is 0 Å². The van der Waals surface area contributed by atoms with Crippen LogP contribution in [0.1, 0.15) is 94.5 Å². The lowest BCUT2D eigenvalue weighted by atomic mass is 9.80. The van der Waals surface area contributed by atoms with Crippen LogP contribution in [-0.4, -0.2) is 24.1 Å². The number of hydrogen-bond donors (Lipinski definition) is 1. The highest BCUT2D eigenvalue weighted by atomic mass is 31.1. The molecule has 0 saturated carbocycles. The lowest BCUT2D eigenvalue weighted by molar-refractivity contribution is 0.403. The van der Waals surface area contributed by atoms with Gasteiger partial charge in [0.15, 0.2) is 0 Å². The van der Waals surface area contributed by atoms with Crippen LogP contribution in [0, 0.1) is 13.8 Å². The summed E-state index contributed by atoms with van der Waals surface area (Å²) in [5.74, 6) is 0.505. The minimum absolute atomic E-state index is 0.0401. The van der Waals surface area contributed by atoms with Crippen molar-refractivity contribution in [3.63, 3.8) is 0 Å². The van der Waals surface area contributed by atoms with Crippen molar-refractivity contribution in [3.8, 4) is 5.75 Å². The van der Waals surface area contributed by atoms with E-state index >= 15 is 0 Å². The van der Waals surface area contributed by atoms with Crippen molar-refractivity contribution < 1.29 is 5.11 Å². The van der Waals surface area contributed by atoms with Crippen LogP contribution >= 0.6 is 8.58 Å². The molecule has 0 saturated heterocycles. The maximum absolute atomic E-state index is 11.3. The Morgan fingerprint density at radius 2 is 1.66 bits per heavy atom. The monoisotopic (exact) mass is 455 g/mol. The molecular weight excluding hydrogens is 409 g/mol. The minimum atomic E-state index is -0.0401. The van der Waals surface area contributed by atoms with E-state index in [1.807, 2.05) is 0 Å². The zero-order chi connectivity index (χ0) is 24.1. The molecule has 0 aromatic heterocycles. The molecule has 2 atom stereocenters. The van der Waals surface area contributed by atoms with Crippen molar-refractivity contribution >= 4 is 13.9 Å². The summed E-state index contributed by atoms with van der Waals surface area (Å²) in [5, 5.41) is 12.7. The van der Waals surface area contributed by atoms with Crippen LogP contribution in [-0.2, 0) is 17.1 Å². The molecule has 0 heterocycles. The molecule has 32 heavy (non-hydrogen) atoms. The molecule has 0 aliphatic heterocycles. The molecule has 1 N–H and O–H groups in total. The average Bonchev–Trinajstić information content (AvgIpc) is 2.70. The summed E-state index contributed by atoms with van der Waals surface area (Å²) in [4.78, 5) is 2.26. The molecule has 0 aliphatic carbocycles. The summed E-state index contributed by atoms with van der Waals surface area (Å²) < 4.78 is 0. The van der Waals surface area contributed by atoms with Crippen molar-refractivity contribution in [3.05, 3.63) is 58.1 Å². The smallest absolute Gasteiger partial charge is 0.122 e. The van der Waals surface area contributed by atoms with Gasteiger partial charge in [0.25, 0.3) is 0 Å². The van der Waals surface area contributed by atoms with Crippen LogP contribution in [0.25, 0.3) is 0 Å². The molecule has 0 fully saturated rings. The summed E-state index contributed by atoms with van der Waals surface area (Å²) >= 11 is 0. The number of rotatable bonds is 10. The van der Waals surface area contributed by atoms with Crippen LogP contribution in [0.3, 0.4) is 0 Å². The number of aryl methyl sites for hydroxylation is 2. The van der Waals surface area contributed by atoms with E-state index in [1.54, 1.807) is 0 Å². The number of hydrogen-bond acceptors (Lipinski definition) is 2. The second kappa shape index (κ2) is 11.2. The van der Waals surface area contributed by atoms with Crippen molar-refractivity contribution in [2.24, 2.45) is 0 Å². The highest BCUT2D eigenvalue weighted by molar-refractivity contribution is 7.48. The fourth-order valence-electron chi connectivity index (χ4n) is 4.55. The number of nitrogens with zero attached hydrogens (tertiary/aromatic N) is 1. The van der Waals surface area contributed by atoms with E-state index in [2.05, 4.69) is 97.8 Å². The largest absolute Gasteiger partial charge is 0.507 e. The fraction of sp³-hybridized carbons (Fsp3) is 0.586. The molecule has 2 nitrogen and oxygen atoms in total. The maximum Gasteiger partial charge on any atom is 0.122 e. The first-order valence-corrected chi connectivity index (χ1v) is 13.3. The SMILES string of the molecule is CCCCCC(CC)(Pc1ccc(C)cc1CN(C)C)c1cc(C(C)(C)C)cc(C)c1O. The molecule has 0 aliphatic rings. The third-order valence-corrected chi connectivity index (χ3v) is 8.72. The van der Waals surface area contributed by atoms with Gasteiger partial charge in [-0.1, -0.05) is 98.4 Å². The Morgan fingerprint density at radius 1 is 0.969 bits per heavy atom. The normalized spacial score (nSPS) is 14.4. The zero-order valence-corrected chi connectivity index (χ0v) is 23.0. The lowest BCUT2D eigenvalue weighted by Gasteiger charge is -2.37. The predicted octanol–water partition coefficient (Wildman–Crippen LogP) is 7.56. The first kappa shape index (κ1) is 26.9. The van der Waals surface area contributed by atoms with Crippen molar-refractivity contribution in [2.75, 3.05) is 14.1 Å². The quantitative estimate of drug-likeness (QED) is 0.295. The van der Waals surface area contributed by atoms with Gasteiger partial charge in [0, 0.05) is 17.3 Å². The van der Waals surface area contributed by atoms with Gasteiger partial charge in [-0.05, 0) is 68.2 Å². The highest BCUT2D eigenvalue weighted by Gasteiger charge is 2.35. The third kappa shape index (κ3) is 6.58. The Kier molecular flexibility index (Phi) is 9.38. The molecular formula is C29H46NOP. The summed E-state index contributed by atoms with van der Waals surface area (Å²) in [6.45, 7) is 16.6. The van der Waals surface area contributed by atoms with E-state index in [9.17, 15) is 5.11 Å². The van der Waals surface area contributed by atoms with E-state index in [0.717, 1.165) is 30.5 Å². The first-order chi connectivity index (χ1) is 14.9. The van der Waals surface area contributed by atoms with E-state index in [1.165, 1.54) is 41.3 Å². The van der Waals surface area contributed by atoms with Crippen molar-refractivity contribution in [2.45, 2.75) is 97.7 Å². The number of phenolic OH excluding ortho intramolecular Hbond substituents is 1. The molecule has 2 aromatic rings. The summed E-state index contributed by atoms with van der Waals surface area (Å²) in [6, 6.07) is 11.5. The van der Waals surface area contributed by atoms with Crippen LogP contribution in [0.5, 0.6) is 5.75 Å². The summed E-state index contributed by atoms with van der Waals surface area (Å²) in [7, 11) is 4.92. The van der Waals surface area contributed by atoms with Gasteiger partial charge < -0.3 is 10.0 Å². The standard InChI is InChI=1S/C29H46NOP/c1-10-12-13-16-29(11-2,25-19-24(28(5,6)7)18-22(4)27(25)31)32-26-15-14-21(3)17-23(26)20-30(8)9/h14-15,17-19,31-32H,10-13,16,20H2,1-9H3. The van der Waals surface area contributed by atoms with Gasteiger partial charge >= 0.3 is 0 Å². The van der Waals surface area contributed by atoms with Gasteiger partial charge in [-0.3, -0.25) is 0 Å².